The van der Waals surface area contributed by atoms with Gasteiger partial charge < -0.3 is 10.2 Å². The maximum absolute atomic E-state index is 11.8. The van der Waals surface area contributed by atoms with E-state index < -0.39 is 11.9 Å². The molecule has 1 heterocycles. The normalized spacial score (nSPS) is 12.0. The molecule has 0 aromatic carbocycles. The van der Waals surface area contributed by atoms with Crippen LogP contribution >= 0.6 is 0 Å². The number of aromatic nitrogens is 3. The van der Waals surface area contributed by atoms with Gasteiger partial charge in [0.2, 0.25) is 11.7 Å². The molecule has 0 saturated heterocycles. The lowest BCUT2D eigenvalue weighted by Crippen LogP contribution is -2.45. The van der Waals surface area contributed by atoms with Crippen molar-refractivity contribution in [3.05, 3.63) is 11.6 Å². The predicted octanol–water partition coefficient (Wildman–Crippen LogP) is -0.0363. The quantitative estimate of drug-likeness (QED) is 0.770. The average molecular weight is 253 g/mol. The molecule has 1 atom stereocenters. The number of carbonyl (C=O) groups excluding carboxylic acids is 2. The number of aryl methyl sites for hydroxylation is 1. The van der Waals surface area contributed by atoms with Gasteiger partial charge in [0.05, 0.1) is 0 Å². The number of hydrogen-bond acceptors (Lipinski definition) is 4. The van der Waals surface area contributed by atoms with E-state index in [0.29, 0.717) is 18.8 Å². The van der Waals surface area contributed by atoms with E-state index in [0.717, 1.165) is 0 Å². The van der Waals surface area contributed by atoms with E-state index in [4.69, 9.17) is 0 Å². The first-order chi connectivity index (χ1) is 8.49. The predicted molar refractivity (Wildman–Crippen MR) is 66.0 cm³/mol. The molecule has 0 spiro atoms. The van der Waals surface area contributed by atoms with E-state index in [2.05, 4.69) is 20.5 Å². The van der Waals surface area contributed by atoms with Crippen molar-refractivity contribution in [3.8, 4) is 0 Å². The van der Waals surface area contributed by atoms with Crippen LogP contribution in [-0.4, -0.2) is 51.5 Å². The fourth-order valence-electron chi connectivity index (χ4n) is 1.36. The smallest absolute Gasteiger partial charge is 0.291 e. The minimum atomic E-state index is -0.592. The number of amides is 2. The molecule has 7 heteroatoms. The molecular weight excluding hydrogens is 234 g/mol. The minimum Gasteiger partial charge on any atom is -0.344 e. The summed E-state index contributed by atoms with van der Waals surface area (Å²) in [5.74, 6) is 0.115. The molecule has 0 bridgehead atoms. The molecule has 1 rings (SSSR count). The fraction of sp³-hybridized carbons (Fsp3) is 0.636. The molecule has 0 saturated carbocycles. The standard InChI is InChI=1S/C11H19N5O2/c1-5-8-13-9(15-14-8)10(17)12-7(3)11(18)16(4)6-2/h7H,5-6H2,1-4H3,(H,12,17)(H,13,14,15). The Labute approximate surface area is 106 Å². The molecule has 0 aliphatic carbocycles. The molecule has 7 nitrogen and oxygen atoms in total. The van der Waals surface area contributed by atoms with Crippen molar-refractivity contribution in [2.45, 2.75) is 33.2 Å². The number of rotatable bonds is 5. The maximum Gasteiger partial charge on any atom is 0.291 e. The van der Waals surface area contributed by atoms with Crippen molar-refractivity contribution in [1.82, 2.24) is 25.4 Å². The van der Waals surface area contributed by atoms with E-state index in [9.17, 15) is 9.59 Å². The highest BCUT2D eigenvalue weighted by Crippen LogP contribution is 1.96. The molecule has 1 aromatic rings. The Morgan fingerprint density at radius 1 is 1.44 bits per heavy atom. The van der Waals surface area contributed by atoms with Gasteiger partial charge in [0.1, 0.15) is 11.9 Å². The van der Waals surface area contributed by atoms with Gasteiger partial charge in [-0.15, -0.1) is 5.10 Å². The molecular formula is C11H19N5O2. The number of aromatic amines is 1. The summed E-state index contributed by atoms with van der Waals surface area (Å²) in [5, 5.41) is 9.02. The van der Waals surface area contributed by atoms with Crippen molar-refractivity contribution in [2.75, 3.05) is 13.6 Å². The number of nitrogens with zero attached hydrogens (tertiary/aromatic N) is 3. The summed E-state index contributed by atoms with van der Waals surface area (Å²) in [6, 6.07) is -0.592. The summed E-state index contributed by atoms with van der Waals surface area (Å²) in [6.45, 7) is 6.01. The van der Waals surface area contributed by atoms with Gasteiger partial charge in [-0.05, 0) is 13.8 Å². The van der Waals surface area contributed by atoms with E-state index in [1.54, 1.807) is 18.9 Å². The Kier molecular flexibility index (Phi) is 4.82. The van der Waals surface area contributed by atoms with E-state index >= 15 is 0 Å². The van der Waals surface area contributed by atoms with Crippen LogP contribution in [0, 0.1) is 0 Å². The SMILES string of the molecule is CCc1nc(C(=O)NC(C)C(=O)N(C)CC)n[nH]1. The first-order valence-corrected chi connectivity index (χ1v) is 5.96. The lowest BCUT2D eigenvalue weighted by Gasteiger charge is -2.19. The molecule has 0 aliphatic rings. The van der Waals surface area contributed by atoms with Crippen molar-refractivity contribution in [1.29, 1.82) is 0 Å². The van der Waals surface area contributed by atoms with Crippen molar-refractivity contribution in [2.24, 2.45) is 0 Å². The number of likely N-dealkylation sites (N-methyl/N-ethyl adjacent to an activating group) is 1. The third-order valence-electron chi connectivity index (χ3n) is 2.64. The lowest BCUT2D eigenvalue weighted by molar-refractivity contribution is -0.131. The molecule has 2 amide bonds. The first kappa shape index (κ1) is 14.1. The third-order valence-corrected chi connectivity index (χ3v) is 2.64. The van der Waals surface area contributed by atoms with Crippen molar-refractivity contribution >= 4 is 11.8 Å². The zero-order valence-corrected chi connectivity index (χ0v) is 11.1. The van der Waals surface area contributed by atoms with Crippen LogP contribution in [0.2, 0.25) is 0 Å². The summed E-state index contributed by atoms with van der Waals surface area (Å²) in [5.41, 5.74) is 0. The Hall–Kier alpha value is -1.92. The van der Waals surface area contributed by atoms with Gasteiger partial charge in [-0.3, -0.25) is 14.7 Å². The molecule has 0 fully saturated rings. The van der Waals surface area contributed by atoms with E-state index in [1.165, 1.54) is 0 Å². The minimum absolute atomic E-state index is 0.0608. The van der Waals surface area contributed by atoms with Gasteiger partial charge in [0.25, 0.3) is 5.91 Å². The van der Waals surface area contributed by atoms with Crippen LogP contribution in [0.4, 0.5) is 0 Å². The number of nitrogens with one attached hydrogen (secondary N) is 2. The second-order valence-corrected chi connectivity index (χ2v) is 4.01. The maximum atomic E-state index is 11.8. The Balaban J connectivity index is 2.61. The summed E-state index contributed by atoms with van der Waals surface area (Å²) >= 11 is 0. The molecule has 0 radical (unpaired) electrons. The van der Waals surface area contributed by atoms with E-state index in [1.807, 2.05) is 13.8 Å². The van der Waals surface area contributed by atoms with Crippen molar-refractivity contribution < 1.29 is 9.59 Å². The van der Waals surface area contributed by atoms with Gasteiger partial charge in [-0.2, -0.15) is 0 Å². The zero-order chi connectivity index (χ0) is 13.7. The van der Waals surface area contributed by atoms with Crippen LogP contribution in [0.1, 0.15) is 37.2 Å². The largest absolute Gasteiger partial charge is 0.344 e. The Morgan fingerprint density at radius 2 is 2.11 bits per heavy atom. The highest BCUT2D eigenvalue weighted by Gasteiger charge is 2.21. The molecule has 18 heavy (non-hydrogen) atoms. The second kappa shape index (κ2) is 6.13. The zero-order valence-electron chi connectivity index (χ0n) is 11.1. The average Bonchev–Trinajstić information content (AvgIpc) is 2.85. The summed E-state index contributed by atoms with van der Waals surface area (Å²) in [6.07, 6.45) is 0.674. The molecule has 100 valence electrons. The highest BCUT2D eigenvalue weighted by molar-refractivity contribution is 5.94. The Bertz CT molecular complexity index is 429. The van der Waals surface area contributed by atoms with Gasteiger partial charge in [0.15, 0.2) is 0 Å². The van der Waals surface area contributed by atoms with Crippen LogP contribution in [0.5, 0.6) is 0 Å². The monoisotopic (exact) mass is 253 g/mol. The second-order valence-electron chi connectivity index (χ2n) is 4.01. The van der Waals surface area contributed by atoms with Crippen LogP contribution in [0.25, 0.3) is 0 Å². The van der Waals surface area contributed by atoms with Crippen LogP contribution in [0.15, 0.2) is 0 Å². The van der Waals surface area contributed by atoms with Crippen LogP contribution < -0.4 is 5.32 Å². The van der Waals surface area contributed by atoms with Gasteiger partial charge in [0, 0.05) is 20.0 Å². The highest BCUT2D eigenvalue weighted by atomic mass is 16.2. The first-order valence-electron chi connectivity index (χ1n) is 5.96. The number of carbonyl (C=O) groups is 2. The summed E-state index contributed by atoms with van der Waals surface area (Å²) in [7, 11) is 1.69. The molecule has 2 N–H and O–H groups in total. The molecule has 1 aromatic heterocycles. The van der Waals surface area contributed by atoms with Crippen LogP contribution in [-0.2, 0) is 11.2 Å². The Morgan fingerprint density at radius 3 is 2.61 bits per heavy atom. The number of H-pyrrole nitrogens is 1. The number of hydrogen-bond donors (Lipinski definition) is 2. The van der Waals surface area contributed by atoms with Gasteiger partial charge in [-0.1, -0.05) is 6.92 Å². The molecule has 0 aliphatic heterocycles. The lowest BCUT2D eigenvalue weighted by atomic mass is 10.3. The fourth-order valence-corrected chi connectivity index (χ4v) is 1.36. The summed E-state index contributed by atoms with van der Waals surface area (Å²) in [4.78, 5) is 29.1. The van der Waals surface area contributed by atoms with Crippen molar-refractivity contribution in [3.63, 3.8) is 0 Å². The van der Waals surface area contributed by atoms with Crippen LogP contribution in [0.3, 0.4) is 0 Å². The van der Waals surface area contributed by atoms with E-state index in [-0.39, 0.29) is 11.7 Å². The van der Waals surface area contributed by atoms with Gasteiger partial charge in [-0.25, -0.2) is 4.98 Å². The molecule has 1 unspecified atom stereocenters. The van der Waals surface area contributed by atoms with Gasteiger partial charge >= 0.3 is 0 Å². The topological polar surface area (TPSA) is 91.0 Å². The third kappa shape index (κ3) is 3.28. The summed E-state index contributed by atoms with van der Waals surface area (Å²) < 4.78 is 0.